The van der Waals surface area contributed by atoms with Crippen molar-refractivity contribution in [3.05, 3.63) is 24.5 Å². The highest BCUT2D eigenvalue weighted by atomic mass is 16.5. The van der Waals surface area contributed by atoms with Crippen LogP contribution in [0.2, 0.25) is 0 Å². The van der Waals surface area contributed by atoms with E-state index < -0.39 is 5.97 Å². The van der Waals surface area contributed by atoms with E-state index in [1.807, 2.05) is 10.8 Å². The lowest BCUT2D eigenvalue weighted by Crippen LogP contribution is -2.15. The number of aryl methyl sites for hydroxylation is 2. The van der Waals surface area contributed by atoms with Crippen LogP contribution in [0.25, 0.3) is 0 Å². The Labute approximate surface area is 104 Å². The highest BCUT2D eigenvalue weighted by Gasteiger charge is 2.15. The Kier molecular flexibility index (Phi) is 4.00. The Morgan fingerprint density at radius 1 is 1.44 bits per heavy atom. The fourth-order valence-electron chi connectivity index (χ4n) is 1.52. The predicted molar refractivity (Wildman–Crippen MR) is 60.6 cm³/mol. The largest absolute Gasteiger partial charge is 0.460 e. The maximum absolute atomic E-state index is 11.5. The maximum atomic E-state index is 11.5. The first-order valence-corrected chi connectivity index (χ1v) is 5.70. The van der Waals surface area contributed by atoms with Crippen LogP contribution in [-0.4, -0.2) is 42.3 Å². The van der Waals surface area contributed by atoms with Crippen LogP contribution in [0, 0.1) is 0 Å². The maximum Gasteiger partial charge on any atom is 0.378 e. The molecule has 0 unspecified atom stereocenters. The zero-order chi connectivity index (χ0) is 12.8. The van der Waals surface area contributed by atoms with E-state index in [0.717, 1.165) is 13.0 Å². The van der Waals surface area contributed by atoms with Crippen molar-refractivity contribution in [1.29, 1.82) is 0 Å². The molecule has 8 nitrogen and oxygen atoms in total. The number of ether oxygens (including phenoxy) is 1. The van der Waals surface area contributed by atoms with Crippen molar-refractivity contribution < 1.29 is 9.53 Å². The van der Waals surface area contributed by atoms with E-state index in [0.29, 0.717) is 13.2 Å². The summed E-state index contributed by atoms with van der Waals surface area (Å²) >= 11 is 0. The van der Waals surface area contributed by atoms with Gasteiger partial charge in [-0.05, 0) is 23.8 Å². The predicted octanol–water partition coefficient (Wildman–Crippen LogP) is 0.137. The highest BCUT2D eigenvalue weighted by molar-refractivity contribution is 5.85. The van der Waals surface area contributed by atoms with Crippen LogP contribution in [0.4, 0.5) is 0 Å². The standard InChI is InChI=1S/C10H14N6O2/c1-2-18-10(17)9-12-13-14-16(9)6-3-5-15-7-4-11-8-15/h4,7-8H,2-3,5-6H2,1H3. The molecule has 0 spiro atoms. The summed E-state index contributed by atoms with van der Waals surface area (Å²) in [7, 11) is 0. The van der Waals surface area contributed by atoms with Crippen molar-refractivity contribution in [2.75, 3.05) is 6.61 Å². The molecule has 2 heterocycles. The second-order valence-electron chi connectivity index (χ2n) is 3.60. The summed E-state index contributed by atoms with van der Waals surface area (Å²) < 4.78 is 8.27. The molecule has 96 valence electrons. The molecule has 0 aromatic carbocycles. The first kappa shape index (κ1) is 12.2. The zero-order valence-electron chi connectivity index (χ0n) is 10.1. The second-order valence-corrected chi connectivity index (χ2v) is 3.60. The first-order valence-electron chi connectivity index (χ1n) is 5.70. The third-order valence-corrected chi connectivity index (χ3v) is 2.34. The summed E-state index contributed by atoms with van der Waals surface area (Å²) in [6.45, 7) is 3.40. The third-order valence-electron chi connectivity index (χ3n) is 2.34. The monoisotopic (exact) mass is 250 g/mol. The van der Waals surface area contributed by atoms with Gasteiger partial charge in [0, 0.05) is 25.5 Å². The van der Waals surface area contributed by atoms with E-state index in [9.17, 15) is 4.79 Å². The number of esters is 1. The SMILES string of the molecule is CCOC(=O)c1nnnn1CCCn1ccnc1. The lowest BCUT2D eigenvalue weighted by molar-refractivity contribution is 0.0504. The fourth-order valence-corrected chi connectivity index (χ4v) is 1.52. The van der Waals surface area contributed by atoms with Crippen LogP contribution < -0.4 is 0 Å². The van der Waals surface area contributed by atoms with Gasteiger partial charge in [-0.15, -0.1) is 5.10 Å². The molecule has 0 amide bonds. The molecule has 0 N–H and O–H groups in total. The topological polar surface area (TPSA) is 87.7 Å². The summed E-state index contributed by atoms with van der Waals surface area (Å²) in [5.41, 5.74) is 0. The van der Waals surface area contributed by atoms with Gasteiger partial charge < -0.3 is 9.30 Å². The van der Waals surface area contributed by atoms with Gasteiger partial charge in [0.1, 0.15) is 0 Å². The summed E-state index contributed by atoms with van der Waals surface area (Å²) in [5, 5.41) is 10.9. The number of rotatable bonds is 6. The van der Waals surface area contributed by atoms with Gasteiger partial charge in [0.2, 0.25) is 0 Å². The molecule has 0 saturated heterocycles. The van der Waals surface area contributed by atoms with Gasteiger partial charge in [-0.25, -0.2) is 14.5 Å². The molecule has 8 heteroatoms. The third kappa shape index (κ3) is 2.90. The summed E-state index contributed by atoms with van der Waals surface area (Å²) in [6.07, 6.45) is 6.15. The Balaban J connectivity index is 1.89. The molecular weight excluding hydrogens is 236 g/mol. The van der Waals surface area contributed by atoms with Crippen LogP contribution in [0.1, 0.15) is 24.0 Å². The number of aromatic nitrogens is 6. The van der Waals surface area contributed by atoms with E-state index in [-0.39, 0.29) is 5.82 Å². The Morgan fingerprint density at radius 3 is 3.06 bits per heavy atom. The van der Waals surface area contributed by atoms with Crippen LogP contribution in [0.3, 0.4) is 0 Å². The Morgan fingerprint density at radius 2 is 2.33 bits per heavy atom. The lowest BCUT2D eigenvalue weighted by Gasteiger charge is -2.04. The molecule has 0 fully saturated rings. The molecule has 0 aliphatic carbocycles. The van der Waals surface area contributed by atoms with Gasteiger partial charge in [0.15, 0.2) is 0 Å². The minimum Gasteiger partial charge on any atom is -0.460 e. The van der Waals surface area contributed by atoms with Crippen LogP contribution in [-0.2, 0) is 17.8 Å². The summed E-state index contributed by atoms with van der Waals surface area (Å²) in [5.74, 6) is -0.354. The number of imidazole rings is 1. The fraction of sp³-hybridized carbons (Fsp3) is 0.500. The first-order chi connectivity index (χ1) is 8.81. The van der Waals surface area contributed by atoms with E-state index in [4.69, 9.17) is 4.74 Å². The molecule has 0 atom stereocenters. The molecule has 0 saturated carbocycles. The minimum atomic E-state index is -0.495. The quantitative estimate of drug-likeness (QED) is 0.677. The van der Waals surface area contributed by atoms with E-state index in [1.54, 1.807) is 19.4 Å². The van der Waals surface area contributed by atoms with Gasteiger partial charge in [-0.1, -0.05) is 0 Å². The molecule has 0 bridgehead atoms. The van der Waals surface area contributed by atoms with E-state index in [2.05, 4.69) is 20.5 Å². The number of carbonyl (C=O) groups is 1. The van der Waals surface area contributed by atoms with Crippen molar-refractivity contribution in [1.82, 2.24) is 29.8 Å². The van der Waals surface area contributed by atoms with Crippen LogP contribution in [0.5, 0.6) is 0 Å². The smallest absolute Gasteiger partial charge is 0.378 e. The van der Waals surface area contributed by atoms with Gasteiger partial charge in [-0.3, -0.25) is 0 Å². The van der Waals surface area contributed by atoms with Crippen LogP contribution in [0.15, 0.2) is 18.7 Å². The second kappa shape index (κ2) is 5.89. The number of nitrogens with zero attached hydrogens (tertiary/aromatic N) is 6. The van der Waals surface area contributed by atoms with Gasteiger partial charge in [0.05, 0.1) is 12.9 Å². The normalized spacial score (nSPS) is 10.5. The molecular formula is C10H14N6O2. The summed E-state index contributed by atoms with van der Waals surface area (Å²) in [6, 6.07) is 0. The number of carbonyl (C=O) groups excluding carboxylic acids is 1. The molecule has 2 rings (SSSR count). The van der Waals surface area contributed by atoms with Crippen molar-refractivity contribution in [3.8, 4) is 0 Å². The van der Waals surface area contributed by atoms with Gasteiger partial charge >= 0.3 is 5.97 Å². The average molecular weight is 250 g/mol. The molecule has 0 radical (unpaired) electrons. The molecule has 2 aromatic rings. The zero-order valence-corrected chi connectivity index (χ0v) is 10.1. The van der Waals surface area contributed by atoms with Crippen molar-refractivity contribution >= 4 is 5.97 Å². The van der Waals surface area contributed by atoms with Crippen molar-refractivity contribution in [2.24, 2.45) is 0 Å². The molecule has 2 aromatic heterocycles. The number of hydrogen-bond donors (Lipinski definition) is 0. The number of tetrazole rings is 1. The van der Waals surface area contributed by atoms with E-state index >= 15 is 0 Å². The van der Waals surface area contributed by atoms with Crippen molar-refractivity contribution in [3.63, 3.8) is 0 Å². The molecule has 0 aliphatic rings. The lowest BCUT2D eigenvalue weighted by atomic mass is 10.4. The molecule has 0 aliphatic heterocycles. The highest BCUT2D eigenvalue weighted by Crippen LogP contribution is 1.99. The Bertz CT molecular complexity index is 492. The van der Waals surface area contributed by atoms with Gasteiger partial charge in [-0.2, -0.15) is 0 Å². The summed E-state index contributed by atoms with van der Waals surface area (Å²) in [4.78, 5) is 15.5. The molecule has 18 heavy (non-hydrogen) atoms. The average Bonchev–Trinajstić information content (AvgIpc) is 3.00. The van der Waals surface area contributed by atoms with E-state index in [1.165, 1.54) is 4.68 Å². The van der Waals surface area contributed by atoms with Crippen LogP contribution >= 0.6 is 0 Å². The van der Waals surface area contributed by atoms with Crippen molar-refractivity contribution in [2.45, 2.75) is 26.4 Å². The number of hydrogen-bond acceptors (Lipinski definition) is 6. The minimum absolute atomic E-state index is 0.141. The van der Waals surface area contributed by atoms with Gasteiger partial charge in [0.25, 0.3) is 5.82 Å². The Hall–Kier alpha value is -2.25.